The zero-order valence-electron chi connectivity index (χ0n) is 16.7. The topological polar surface area (TPSA) is 81.3 Å². The normalized spacial score (nSPS) is 12.5. The van der Waals surface area contributed by atoms with Gasteiger partial charge in [0.15, 0.2) is 11.9 Å². The smallest absolute Gasteiger partial charge is 0.338 e. The van der Waals surface area contributed by atoms with Gasteiger partial charge in [0.1, 0.15) is 4.83 Å². The molecule has 1 atom stereocenters. The van der Waals surface area contributed by atoms with Crippen molar-refractivity contribution in [3.8, 4) is 0 Å². The molecule has 7 heteroatoms. The Hall–Kier alpha value is -2.51. The standard InChI is InChI=1S/C21H24N2O4S/c1-11(2)26-10-15-6-8-16(9-7-15)21(25)27-13(4)18-22-19(24)17-12(3)14(5)28-20(17)23-18/h6-9,11,13H,10H2,1-5H3,(H,22,23,24)/t13-/m0/s1. The second kappa shape index (κ2) is 8.24. The predicted octanol–water partition coefficient (Wildman–Crippen LogP) is 4.44. The lowest BCUT2D eigenvalue weighted by Crippen LogP contribution is -2.17. The van der Waals surface area contributed by atoms with Gasteiger partial charge in [-0.1, -0.05) is 12.1 Å². The SMILES string of the molecule is Cc1sc2nc([C@H](C)OC(=O)c3ccc(COC(C)C)cc3)[nH]c(=O)c2c1C. The van der Waals surface area contributed by atoms with Crippen LogP contribution in [0.4, 0.5) is 0 Å². The highest BCUT2D eigenvalue weighted by Gasteiger charge is 2.19. The van der Waals surface area contributed by atoms with Crippen molar-refractivity contribution in [2.75, 3.05) is 0 Å². The lowest BCUT2D eigenvalue weighted by atomic mass is 10.1. The highest BCUT2D eigenvalue weighted by Crippen LogP contribution is 2.27. The van der Waals surface area contributed by atoms with E-state index in [0.717, 1.165) is 16.0 Å². The van der Waals surface area contributed by atoms with E-state index in [-0.39, 0.29) is 11.7 Å². The number of rotatable bonds is 6. The van der Waals surface area contributed by atoms with Gasteiger partial charge < -0.3 is 14.5 Å². The first-order valence-electron chi connectivity index (χ1n) is 9.17. The quantitative estimate of drug-likeness (QED) is 0.619. The second-order valence-corrected chi connectivity index (χ2v) is 8.22. The van der Waals surface area contributed by atoms with Crippen molar-refractivity contribution in [1.82, 2.24) is 9.97 Å². The van der Waals surface area contributed by atoms with Crippen LogP contribution in [0, 0.1) is 13.8 Å². The highest BCUT2D eigenvalue weighted by molar-refractivity contribution is 7.18. The third-order valence-electron chi connectivity index (χ3n) is 4.50. The molecule has 0 radical (unpaired) electrons. The van der Waals surface area contributed by atoms with Crippen LogP contribution in [0.5, 0.6) is 0 Å². The second-order valence-electron chi connectivity index (χ2n) is 7.02. The van der Waals surface area contributed by atoms with Gasteiger partial charge in [-0.2, -0.15) is 0 Å². The van der Waals surface area contributed by atoms with Gasteiger partial charge in [0.25, 0.3) is 5.56 Å². The minimum Gasteiger partial charge on any atom is -0.451 e. The van der Waals surface area contributed by atoms with Gasteiger partial charge in [-0.15, -0.1) is 11.3 Å². The van der Waals surface area contributed by atoms with Gasteiger partial charge >= 0.3 is 5.97 Å². The van der Waals surface area contributed by atoms with E-state index < -0.39 is 12.1 Å². The van der Waals surface area contributed by atoms with Crippen LogP contribution in [0.25, 0.3) is 10.2 Å². The molecule has 0 spiro atoms. The number of nitrogens with one attached hydrogen (secondary N) is 1. The Kier molecular flexibility index (Phi) is 5.96. The van der Waals surface area contributed by atoms with Crippen LogP contribution in [0.1, 0.15) is 59.1 Å². The van der Waals surface area contributed by atoms with Crippen molar-refractivity contribution in [3.05, 3.63) is 62.0 Å². The summed E-state index contributed by atoms with van der Waals surface area (Å²) in [6.07, 6.45) is -0.523. The molecule has 0 aliphatic carbocycles. The number of H-pyrrole nitrogens is 1. The fourth-order valence-corrected chi connectivity index (χ4v) is 3.79. The molecule has 148 valence electrons. The maximum atomic E-state index is 12.4. The van der Waals surface area contributed by atoms with E-state index in [9.17, 15) is 9.59 Å². The van der Waals surface area contributed by atoms with Gasteiger partial charge in [-0.05, 0) is 57.9 Å². The average Bonchev–Trinajstić information content (AvgIpc) is 2.94. The third-order valence-corrected chi connectivity index (χ3v) is 5.60. The van der Waals surface area contributed by atoms with E-state index in [0.29, 0.717) is 28.2 Å². The number of hydrogen-bond donors (Lipinski definition) is 1. The Labute approximate surface area is 167 Å². The summed E-state index contributed by atoms with van der Waals surface area (Å²) in [4.78, 5) is 33.8. The number of fused-ring (bicyclic) bond motifs is 1. The zero-order chi connectivity index (χ0) is 20.4. The largest absolute Gasteiger partial charge is 0.451 e. The minimum atomic E-state index is -0.670. The number of carbonyl (C=O) groups is 1. The van der Waals surface area contributed by atoms with Crippen LogP contribution in [0.2, 0.25) is 0 Å². The number of hydrogen-bond acceptors (Lipinski definition) is 6. The Morgan fingerprint density at radius 3 is 2.50 bits per heavy atom. The highest BCUT2D eigenvalue weighted by atomic mass is 32.1. The molecule has 0 aliphatic rings. The maximum absolute atomic E-state index is 12.4. The summed E-state index contributed by atoms with van der Waals surface area (Å²) in [6, 6.07) is 7.10. The number of esters is 1. The number of aromatic nitrogens is 2. The summed E-state index contributed by atoms with van der Waals surface area (Å²) in [7, 11) is 0. The molecule has 0 unspecified atom stereocenters. The molecule has 0 bridgehead atoms. The van der Waals surface area contributed by atoms with Gasteiger partial charge in [-0.3, -0.25) is 4.79 Å². The van der Waals surface area contributed by atoms with E-state index in [1.54, 1.807) is 19.1 Å². The molecule has 2 aromatic heterocycles. The van der Waals surface area contributed by atoms with E-state index in [1.807, 2.05) is 39.8 Å². The van der Waals surface area contributed by atoms with Crippen molar-refractivity contribution in [1.29, 1.82) is 0 Å². The summed E-state index contributed by atoms with van der Waals surface area (Å²) in [5, 5.41) is 0.601. The van der Waals surface area contributed by atoms with E-state index >= 15 is 0 Å². The fraction of sp³-hybridized carbons (Fsp3) is 0.381. The minimum absolute atomic E-state index is 0.147. The van der Waals surface area contributed by atoms with E-state index in [2.05, 4.69) is 9.97 Å². The van der Waals surface area contributed by atoms with Crippen LogP contribution >= 0.6 is 11.3 Å². The van der Waals surface area contributed by atoms with Crippen LogP contribution < -0.4 is 5.56 Å². The van der Waals surface area contributed by atoms with Crippen LogP contribution in [0.15, 0.2) is 29.1 Å². The molecule has 0 amide bonds. The molecule has 1 aromatic carbocycles. The Morgan fingerprint density at radius 1 is 1.18 bits per heavy atom. The molecule has 28 heavy (non-hydrogen) atoms. The number of thiophene rings is 1. The van der Waals surface area contributed by atoms with Crippen molar-refractivity contribution in [2.24, 2.45) is 0 Å². The molecule has 0 saturated carbocycles. The van der Waals surface area contributed by atoms with Gasteiger partial charge in [0.2, 0.25) is 0 Å². The Bertz CT molecular complexity index is 1050. The molecule has 3 rings (SSSR count). The summed E-state index contributed by atoms with van der Waals surface area (Å²) in [5.74, 6) is -0.126. The van der Waals surface area contributed by atoms with Crippen molar-refractivity contribution >= 4 is 27.5 Å². The first kappa shape index (κ1) is 20.2. The number of benzene rings is 1. The molecule has 0 fully saturated rings. The molecule has 1 N–H and O–H groups in total. The molecular weight excluding hydrogens is 376 g/mol. The van der Waals surface area contributed by atoms with Crippen molar-refractivity contribution in [3.63, 3.8) is 0 Å². The number of aromatic amines is 1. The number of aryl methyl sites for hydroxylation is 2. The lowest BCUT2D eigenvalue weighted by Gasteiger charge is -2.13. The number of carbonyl (C=O) groups excluding carboxylic acids is 1. The zero-order valence-corrected chi connectivity index (χ0v) is 17.5. The number of nitrogens with zero attached hydrogens (tertiary/aromatic N) is 1. The van der Waals surface area contributed by atoms with Gasteiger partial charge in [0, 0.05) is 4.88 Å². The monoisotopic (exact) mass is 400 g/mol. The van der Waals surface area contributed by atoms with Gasteiger partial charge in [-0.25, -0.2) is 9.78 Å². The van der Waals surface area contributed by atoms with Crippen LogP contribution in [-0.4, -0.2) is 22.0 Å². The average molecular weight is 401 g/mol. The third kappa shape index (κ3) is 4.31. The maximum Gasteiger partial charge on any atom is 0.338 e. The molecule has 3 aromatic rings. The van der Waals surface area contributed by atoms with Crippen molar-refractivity contribution in [2.45, 2.75) is 53.4 Å². The molecule has 0 saturated heterocycles. The van der Waals surface area contributed by atoms with E-state index in [1.165, 1.54) is 11.3 Å². The number of ether oxygens (including phenoxy) is 2. The van der Waals surface area contributed by atoms with E-state index in [4.69, 9.17) is 9.47 Å². The summed E-state index contributed by atoms with van der Waals surface area (Å²) >= 11 is 1.46. The summed E-state index contributed by atoms with van der Waals surface area (Å²) in [6.45, 7) is 10.0. The van der Waals surface area contributed by atoms with Crippen LogP contribution in [0.3, 0.4) is 0 Å². The van der Waals surface area contributed by atoms with Crippen LogP contribution in [-0.2, 0) is 16.1 Å². The summed E-state index contributed by atoms with van der Waals surface area (Å²) in [5.41, 5.74) is 2.15. The summed E-state index contributed by atoms with van der Waals surface area (Å²) < 4.78 is 11.1. The Morgan fingerprint density at radius 2 is 1.86 bits per heavy atom. The Balaban J connectivity index is 1.73. The van der Waals surface area contributed by atoms with Crippen molar-refractivity contribution < 1.29 is 14.3 Å². The predicted molar refractivity (Wildman–Crippen MR) is 110 cm³/mol. The fourth-order valence-electron chi connectivity index (χ4n) is 2.75. The first-order valence-corrected chi connectivity index (χ1v) is 9.99. The molecule has 2 heterocycles. The lowest BCUT2D eigenvalue weighted by molar-refractivity contribution is 0.0319. The molecule has 0 aliphatic heterocycles. The van der Waals surface area contributed by atoms with Gasteiger partial charge in [0.05, 0.1) is 23.7 Å². The first-order chi connectivity index (χ1) is 13.3. The molecular formula is C21H24N2O4S. The molecule has 6 nitrogen and oxygen atoms in total.